The van der Waals surface area contributed by atoms with E-state index in [0.717, 1.165) is 16.7 Å². The van der Waals surface area contributed by atoms with Gasteiger partial charge in [0.2, 0.25) is 0 Å². The second kappa shape index (κ2) is 7.67. The van der Waals surface area contributed by atoms with E-state index in [4.69, 9.17) is 5.53 Å². The molecule has 0 aliphatic rings. The average molecular weight is 329 g/mol. The van der Waals surface area contributed by atoms with Gasteiger partial charge < -0.3 is 5.11 Å². The lowest BCUT2D eigenvalue weighted by Gasteiger charge is -2.35. The average Bonchev–Trinajstić information content (AvgIpc) is 2.68. The Morgan fingerprint density at radius 1 is 0.840 bits per heavy atom. The Bertz CT molecular complexity index is 846. The van der Waals surface area contributed by atoms with Crippen LogP contribution in [0.3, 0.4) is 0 Å². The van der Waals surface area contributed by atoms with Crippen LogP contribution < -0.4 is 0 Å². The Labute approximate surface area is 147 Å². The maximum Gasteiger partial charge on any atom is 0.106 e. The van der Waals surface area contributed by atoms with Crippen LogP contribution in [0.5, 0.6) is 0 Å². The lowest BCUT2D eigenvalue weighted by atomic mass is 9.78. The zero-order valence-corrected chi connectivity index (χ0v) is 13.7. The number of azide groups is 1. The van der Waals surface area contributed by atoms with Gasteiger partial charge in [-0.15, -0.1) is 0 Å². The summed E-state index contributed by atoms with van der Waals surface area (Å²) in [5, 5.41) is 15.7. The molecule has 0 spiro atoms. The van der Waals surface area contributed by atoms with Crippen molar-refractivity contribution < 1.29 is 5.11 Å². The number of hydrogen-bond donors (Lipinski definition) is 1. The minimum absolute atomic E-state index is 0.344. The van der Waals surface area contributed by atoms with Gasteiger partial charge in [0.1, 0.15) is 5.60 Å². The van der Waals surface area contributed by atoms with Gasteiger partial charge in [0, 0.05) is 11.3 Å². The maximum atomic E-state index is 11.7. The Balaban J connectivity index is 2.13. The van der Waals surface area contributed by atoms with Crippen LogP contribution in [0.2, 0.25) is 0 Å². The van der Waals surface area contributed by atoms with Crippen LogP contribution in [0.25, 0.3) is 10.4 Å². The molecule has 0 saturated heterocycles. The third-order valence-electron chi connectivity index (χ3n) is 4.32. The predicted molar refractivity (Wildman–Crippen MR) is 98.8 cm³/mol. The van der Waals surface area contributed by atoms with Gasteiger partial charge in [-0.3, -0.25) is 0 Å². The number of hydrogen-bond acceptors (Lipinski definition) is 2. The first-order valence-electron chi connectivity index (χ1n) is 8.15. The summed E-state index contributed by atoms with van der Waals surface area (Å²) >= 11 is 0. The van der Waals surface area contributed by atoms with E-state index in [0.29, 0.717) is 6.42 Å². The van der Waals surface area contributed by atoms with Crippen molar-refractivity contribution in [2.24, 2.45) is 5.11 Å². The quantitative estimate of drug-likeness (QED) is 0.378. The molecule has 0 aliphatic carbocycles. The highest BCUT2D eigenvalue weighted by Crippen LogP contribution is 2.40. The second-order valence-corrected chi connectivity index (χ2v) is 5.97. The van der Waals surface area contributed by atoms with E-state index in [9.17, 15) is 5.11 Å². The molecule has 0 aliphatic heterocycles. The van der Waals surface area contributed by atoms with Gasteiger partial charge in [0.05, 0.1) is 6.04 Å². The predicted octanol–water partition coefficient (Wildman–Crippen LogP) is 5.17. The molecule has 0 bridgehead atoms. The molecule has 0 fully saturated rings. The summed E-state index contributed by atoms with van der Waals surface area (Å²) in [6, 6.07) is 27.8. The van der Waals surface area contributed by atoms with Crippen molar-refractivity contribution >= 4 is 0 Å². The number of benzene rings is 3. The molecule has 3 aromatic carbocycles. The first kappa shape index (κ1) is 16.8. The third kappa shape index (κ3) is 3.72. The van der Waals surface area contributed by atoms with Crippen LogP contribution in [0, 0.1) is 0 Å². The molecule has 4 heteroatoms. The van der Waals surface area contributed by atoms with Crippen LogP contribution in [0.15, 0.2) is 96.1 Å². The molecule has 0 unspecified atom stereocenters. The zero-order chi connectivity index (χ0) is 17.5. The Morgan fingerprint density at radius 2 is 1.36 bits per heavy atom. The molecule has 3 aromatic rings. The Hall–Kier alpha value is -3.07. The van der Waals surface area contributed by atoms with Gasteiger partial charge in [-0.05, 0) is 22.2 Å². The molecular formula is C21H19N3O. The van der Waals surface area contributed by atoms with Gasteiger partial charge in [0.25, 0.3) is 0 Å². The van der Waals surface area contributed by atoms with E-state index in [1.807, 2.05) is 91.0 Å². The summed E-state index contributed by atoms with van der Waals surface area (Å²) < 4.78 is 0. The lowest BCUT2D eigenvalue weighted by Crippen LogP contribution is -2.35. The molecule has 0 radical (unpaired) electrons. The third-order valence-corrected chi connectivity index (χ3v) is 4.32. The van der Waals surface area contributed by atoms with E-state index in [2.05, 4.69) is 10.0 Å². The fourth-order valence-electron chi connectivity index (χ4n) is 3.12. The first-order chi connectivity index (χ1) is 12.2. The van der Waals surface area contributed by atoms with Gasteiger partial charge in [-0.25, -0.2) is 0 Å². The van der Waals surface area contributed by atoms with Crippen molar-refractivity contribution in [1.29, 1.82) is 0 Å². The number of rotatable bonds is 6. The zero-order valence-electron chi connectivity index (χ0n) is 13.7. The minimum atomic E-state index is -1.35. The first-order valence-corrected chi connectivity index (χ1v) is 8.15. The van der Waals surface area contributed by atoms with Crippen LogP contribution >= 0.6 is 0 Å². The summed E-state index contributed by atoms with van der Waals surface area (Å²) in [5.74, 6) is 0. The van der Waals surface area contributed by atoms with Crippen LogP contribution in [0.4, 0.5) is 0 Å². The molecular weight excluding hydrogens is 310 g/mol. The van der Waals surface area contributed by atoms with Crippen molar-refractivity contribution in [3.8, 4) is 0 Å². The molecule has 0 saturated carbocycles. The second-order valence-electron chi connectivity index (χ2n) is 5.97. The normalized spacial score (nSPS) is 14.1. The van der Waals surface area contributed by atoms with Crippen LogP contribution in [-0.4, -0.2) is 5.11 Å². The summed E-state index contributed by atoms with van der Waals surface area (Å²) in [5.41, 5.74) is 10.2. The van der Waals surface area contributed by atoms with E-state index in [1.165, 1.54) is 0 Å². The van der Waals surface area contributed by atoms with E-state index >= 15 is 0 Å². The maximum absolute atomic E-state index is 11.7. The fourth-order valence-corrected chi connectivity index (χ4v) is 3.12. The fraction of sp³-hybridized carbons (Fsp3) is 0.143. The van der Waals surface area contributed by atoms with E-state index in [-0.39, 0.29) is 0 Å². The van der Waals surface area contributed by atoms with Crippen molar-refractivity contribution in [3.05, 3.63) is 118 Å². The number of aliphatic hydroxyl groups is 1. The molecule has 4 nitrogen and oxygen atoms in total. The highest BCUT2D eigenvalue weighted by Gasteiger charge is 2.39. The van der Waals surface area contributed by atoms with Gasteiger partial charge in [0.15, 0.2) is 0 Å². The SMILES string of the molecule is [N-]=[N+]=N[C@@H](c1ccccc1)[C@](O)(Cc1ccccc1)c1ccccc1. The molecule has 0 amide bonds. The van der Waals surface area contributed by atoms with Gasteiger partial charge in [-0.1, -0.05) is 96.1 Å². The topological polar surface area (TPSA) is 69.0 Å². The van der Waals surface area contributed by atoms with Crippen LogP contribution in [-0.2, 0) is 12.0 Å². The smallest absolute Gasteiger partial charge is 0.106 e. The van der Waals surface area contributed by atoms with Crippen molar-refractivity contribution in [1.82, 2.24) is 0 Å². The highest BCUT2D eigenvalue weighted by atomic mass is 16.3. The standard InChI is InChI=1S/C21H19N3O/c22-24-23-20(18-12-6-2-7-13-18)21(25,19-14-8-3-9-15-19)16-17-10-4-1-5-11-17/h1-15,20,25H,16H2/t20-,21-/m0/s1. The Morgan fingerprint density at radius 3 is 1.92 bits per heavy atom. The molecule has 3 rings (SSSR count). The highest BCUT2D eigenvalue weighted by molar-refractivity contribution is 5.33. The molecule has 0 heterocycles. The van der Waals surface area contributed by atoms with Crippen molar-refractivity contribution in [3.63, 3.8) is 0 Å². The van der Waals surface area contributed by atoms with Crippen molar-refractivity contribution in [2.45, 2.75) is 18.1 Å². The molecule has 0 aromatic heterocycles. The molecule has 2 atom stereocenters. The summed E-state index contributed by atoms with van der Waals surface area (Å²) in [7, 11) is 0. The Kier molecular flexibility index (Phi) is 5.14. The van der Waals surface area contributed by atoms with E-state index < -0.39 is 11.6 Å². The lowest BCUT2D eigenvalue weighted by molar-refractivity contribution is 0.00891. The van der Waals surface area contributed by atoms with Crippen molar-refractivity contribution in [2.75, 3.05) is 0 Å². The summed E-state index contributed by atoms with van der Waals surface area (Å²) in [4.78, 5) is 3.01. The summed E-state index contributed by atoms with van der Waals surface area (Å²) in [6.45, 7) is 0. The van der Waals surface area contributed by atoms with E-state index in [1.54, 1.807) is 0 Å². The van der Waals surface area contributed by atoms with Crippen LogP contribution in [0.1, 0.15) is 22.7 Å². The molecule has 1 N–H and O–H groups in total. The molecule has 25 heavy (non-hydrogen) atoms. The van der Waals surface area contributed by atoms with Gasteiger partial charge >= 0.3 is 0 Å². The number of nitrogens with zero attached hydrogens (tertiary/aromatic N) is 3. The molecule has 124 valence electrons. The largest absolute Gasteiger partial charge is 0.384 e. The van der Waals surface area contributed by atoms with Gasteiger partial charge in [-0.2, -0.15) is 0 Å². The monoisotopic (exact) mass is 329 g/mol. The summed E-state index contributed by atoms with van der Waals surface area (Å²) in [6.07, 6.45) is 0.344. The minimum Gasteiger partial charge on any atom is -0.384 e.